The number of hydrogen-bond acceptors (Lipinski definition) is 8. The lowest BCUT2D eigenvalue weighted by Crippen LogP contribution is -2.32. The van der Waals surface area contributed by atoms with E-state index >= 15 is 0 Å². The van der Waals surface area contributed by atoms with Gasteiger partial charge < -0.3 is 24.8 Å². The van der Waals surface area contributed by atoms with Gasteiger partial charge in [-0.05, 0) is 12.1 Å². The smallest absolute Gasteiger partial charge is 0.248 e. The molecule has 0 aliphatic heterocycles. The van der Waals surface area contributed by atoms with Gasteiger partial charge in [0.1, 0.15) is 17.8 Å². The molecule has 0 saturated heterocycles. The molecule has 0 aromatic carbocycles. The Hall–Kier alpha value is -2.45. The third-order valence-corrected chi connectivity index (χ3v) is 3.11. The highest BCUT2D eigenvalue weighted by atomic mass is 16.5. The predicted molar refractivity (Wildman–Crippen MR) is 86.7 cm³/mol. The van der Waals surface area contributed by atoms with Crippen molar-refractivity contribution in [3.8, 4) is 11.6 Å². The number of anilines is 2. The van der Waals surface area contributed by atoms with Crippen molar-refractivity contribution in [1.29, 1.82) is 0 Å². The second-order valence-corrected chi connectivity index (χ2v) is 4.68. The third kappa shape index (κ3) is 4.76. The largest absolute Gasteiger partial charge is 0.435 e. The molecule has 0 atom stereocenters. The summed E-state index contributed by atoms with van der Waals surface area (Å²) in [5.74, 6) is 1.44. The van der Waals surface area contributed by atoms with Crippen molar-refractivity contribution in [2.24, 2.45) is 0 Å². The highest BCUT2D eigenvalue weighted by Gasteiger charge is 2.16. The molecule has 2 aromatic rings. The van der Waals surface area contributed by atoms with Gasteiger partial charge in [-0.1, -0.05) is 0 Å². The topological polar surface area (TPSA) is 95.6 Å². The van der Waals surface area contributed by atoms with Gasteiger partial charge in [0.05, 0.1) is 19.4 Å². The fourth-order valence-corrected chi connectivity index (χ4v) is 1.95. The zero-order valence-electron chi connectivity index (χ0n) is 13.3. The molecule has 8 heteroatoms. The van der Waals surface area contributed by atoms with Crippen LogP contribution in [0.3, 0.4) is 0 Å². The number of nitrogen functional groups attached to an aromatic ring is 1. The molecule has 8 nitrogen and oxygen atoms in total. The summed E-state index contributed by atoms with van der Waals surface area (Å²) in [6.45, 7) is 2.36. The van der Waals surface area contributed by atoms with Crippen molar-refractivity contribution in [2.45, 2.75) is 0 Å². The second kappa shape index (κ2) is 8.86. The van der Waals surface area contributed by atoms with Crippen molar-refractivity contribution >= 4 is 11.5 Å². The average Bonchev–Trinajstić information content (AvgIpc) is 2.58. The maximum Gasteiger partial charge on any atom is 0.248 e. The molecule has 0 bridgehead atoms. The van der Waals surface area contributed by atoms with E-state index in [0.717, 1.165) is 0 Å². The van der Waals surface area contributed by atoms with Crippen LogP contribution in [0.15, 0.2) is 30.9 Å². The molecule has 0 unspecified atom stereocenters. The molecule has 23 heavy (non-hydrogen) atoms. The number of nitrogens with two attached hydrogens (primary N) is 1. The first-order valence-corrected chi connectivity index (χ1v) is 7.17. The van der Waals surface area contributed by atoms with E-state index in [1.807, 2.05) is 4.90 Å². The molecular weight excluding hydrogens is 298 g/mol. The molecule has 2 rings (SSSR count). The summed E-state index contributed by atoms with van der Waals surface area (Å²) in [5.41, 5.74) is 6.55. The van der Waals surface area contributed by atoms with Crippen LogP contribution < -0.4 is 15.4 Å². The molecule has 0 radical (unpaired) electrons. The van der Waals surface area contributed by atoms with Gasteiger partial charge >= 0.3 is 0 Å². The van der Waals surface area contributed by atoms with E-state index in [1.54, 1.807) is 38.7 Å². The number of aromatic nitrogens is 3. The Labute approximate surface area is 135 Å². The molecule has 0 spiro atoms. The Morgan fingerprint density at radius 3 is 2.48 bits per heavy atom. The maximum atomic E-state index is 6.18. The highest BCUT2D eigenvalue weighted by molar-refractivity contribution is 5.68. The summed E-state index contributed by atoms with van der Waals surface area (Å²) in [6, 6.07) is 3.55. The van der Waals surface area contributed by atoms with Crippen molar-refractivity contribution in [3.63, 3.8) is 0 Å². The van der Waals surface area contributed by atoms with Gasteiger partial charge in [-0.3, -0.25) is 4.98 Å². The molecule has 124 valence electrons. The van der Waals surface area contributed by atoms with Gasteiger partial charge in [0.15, 0.2) is 5.82 Å². The van der Waals surface area contributed by atoms with Crippen molar-refractivity contribution in [3.05, 3.63) is 30.9 Å². The molecule has 2 heterocycles. The highest BCUT2D eigenvalue weighted by Crippen LogP contribution is 2.30. The zero-order valence-corrected chi connectivity index (χ0v) is 13.3. The third-order valence-electron chi connectivity index (χ3n) is 3.11. The predicted octanol–water partition coefficient (Wildman–Crippen LogP) is 1.35. The molecule has 0 fully saturated rings. The van der Waals surface area contributed by atoms with Gasteiger partial charge in [-0.2, -0.15) is 4.98 Å². The minimum atomic E-state index is 0.294. The van der Waals surface area contributed by atoms with E-state index in [0.29, 0.717) is 49.4 Å². The summed E-state index contributed by atoms with van der Waals surface area (Å²) < 4.78 is 15.9. The number of hydrogen-bond donors (Lipinski definition) is 1. The fourth-order valence-electron chi connectivity index (χ4n) is 1.95. The van der Waals surface area contributed by atoms with Crippen LogP contribution in [0.25, 0.3) is 0 Å². The monoisotopic (exact) mass is 319 g/mol. The van der Waals surface area contributed by atoms with Crippen LogP contribution in [-0.2, 0) is 9.47 Å². The molecule has 0 amide bonds. The summed E-state index contributed by atoms with van der Waals surface area (Å²) in [4.78, 5) is 14.3. The molecule has 2 N–H and O–H groups in total. The first-order valence-electron chi connectivity index (χ1n) is 7.17. The van der Waals surface area contributed by atoms with E-state index in [2.05, 4.69) is 15.0 Å². The van der Waals surface area contributed by atoms with E-state index in [1.165, 1.54) is 6.33 Å². The lowest BCUT2D eigenvalue weighted by molar-refractivity contribution is 0.190. The molecular formula is C15H21N5O3. The van der Waals surface area contributed by atoms with Crippen LogP contribution in [0.4, 0.5) is 11.5 Å². The maximum absolute atomic E-state index is 6.18. The van der Waals surface area contributed by atoms with Crippen LogP contribution in [0, 0.1) is 0 Å². The zero-order chi connectivity index (χ0) is 16.5. The molecule has 0 saturated carbocycles. The molecule has 0 aliphatic carbocycles. The van der Waals surface area contributed by atoms with Crippen LogP contribution in [0.2, 0.25) is 0 Å². The second-order valence-electron chi connectivity index (χ2n) is 4.68. The molecule has 0 aliphatic rings. The number of nitrogens with zero attached hydrogens (tertiary/aromatic N) is 4. The first kappa shape index (κ1) is 16.9. The Balaban J connectivity index is 2.21. The van der Waals surface area contributed by atoms with Crippen LogP contribution >= 0.6 is 0 Å². The average molecular weight is 319 g/mol. The standard InChI is InChI=1S/C15H21N5O3/c1-21-8-6-20(7-9-22-2)14-13(16)15(19-11-18-14)23-12-4-3-5-17-10-12/h3-5,10-11H,6-9,16H2,1-2H3. The van der Waals surface area contributed by atoms with Crippen LogP contribution in [0.1, 0.15) is 0 Å². The number of rotatable bonds is 9. The Morgan fingerprint density at radius 2 is 1.87 bits per heavy atom. The lowest BCUT2D eigenvalue weighted by Gasteiger charge is -2.24. The summed E-state index contributed by atoms with van der Waals surface area (Å²) in [7, 11) is 3.30. The Bertz CT molecular complexity index is 589. The van der Waals surface area contributed by atoms with Crippen molar-refractivity contribution in [2.75, 3.05) is 51.2 Å². The van der Waals surface area contributed by atoms with Crippen LogP contribution in [-0.4, -0.2) is 55.5 Å². The molecule has 2 aromatic heterocycles. The minimum absolute atomic E-state index is 0.294. The number of ether oxygens (including phenoxy) is 3. The normalized spacial score (nSPS) is 10.5. The fraction of sp³-hybridized carbons (Fsp3) is 0.400. The lowest BCUT2D eigenvalue weighted by atomic mass is 10.3. The van der Waals surface area contributed by atoms with Crippen molar-refractivity contribution < 1.29 is 14.2 Å². The van der Waals surface area contributed by atoms with Gasteiger partial charge in [0, 0.05) is 33.5 Å². The quantitative estimate of drug-likeness (QED) is 0.740. The first-order chi connectivity index (χ1) is 11.3. The van der Waals surface area contributed by atoms with Gasteiger partial charge in [0.25, 0.3) is 0 Å². The Morgan fingerprint density at radius 1 is 1.13 bits per heavy atom. The summed E-state index contributed by atoms with van der Waals surface area (Å²) >= 11 is 0. The SMILES string of the molecule is COCCN(CCOC)c1ncnc(Oc2cccnc2)c1N. The van der Waals surface area contributed by atoms with Crippen LogP contribution in [0.5, 0.6) is 11.6 Å². The van der Waals surface area contributed by atoms with Crippen molar-refractivity contribution in [1.82, 2.24) is 15.0 Å². The summed E-state index contributed by atoms with van der Waals surface area (Å²) in [5, 5.41) is 0. The van der Waals surface area contributed by atoms with E-state index < -0.39 is 0 Å². The Kier molecular flexibility index (Phi) is 6.52. The van der Waals surface area contributed by atoms with E-state index in [4.69, 9.17) is 19.9 Å². The van der Waals surface area contributed by atoms with Gasteiger partial charge in [0.2, 0.25) is 5.88 Å². The number of pyridine rings is 1. The van der Waals surface area contributed by atoms with Gasteiger partial charge in [-0.15, -0.1) is 0 Å². The van der Waals surface area contributed by atoms with Gasteiger partial charge in [-0.25, -0.2) is 4.98 Å². The van der Waals surface area contributed by atoms with E-state index in [-0.39, 0.29) is 0 Å². The summed E-state index contributed by atoms with van der Waals surface area (Å²) in [6.07, 6.45) is 4.68. The minimum Gasteiger partial charge on any atom is -0.435 e. The van der Waals surface area contributed by atoms with E-state index in [9.17, 15) is 0 Å². The number of methoxy groups -OCH3 is 2.